The van der Waals surface area contributed by atoms with Gasteiger partial charge >= 0.3 is 5.97 Å². The van der Waals surface area contributed by atoms with Gasteiger partial charge < -0.3 is 15.4 Å². The standard InChI is InChI=1S/C16H25N3O2/c1-5-17-16(18-9-8-15(20)21-4)19-11-14-7-6-12(2)10-13(14)3/h6-7,10H,5,8-9,11H2,1-4H3,(H2,17,18,19). The summed E-state index contributed by atoms with van der Waals surface area (Å²) in [5.41, 5.74) is 3.69. The summed E-state index contributed by atoms with van der Waals surface area (Å²) in [6.45, 7) is 8.07. The van der Waals surface area contributed by atoms with E-state index in [4.69, 9.17) is 0 Å². The van der Waals surface area contributed by atoms with Gasteiger partial charge in [0.2, 0.25) is 0 Å². The minimum atomic E-state index is -0.229. The number of esters is 1. The lowest BCUT2D eigenvalue weighted by Gasteiger charge is -2.11. The zero-order valence-corrected chi connectivity index (χ0v) is 13.3. The van der Waals surface area contributed by atoms with Gasteiger partial charge in [-0.05, 0) is 31.9 Å². The zero-order chi connectivity index (χ0) is 15.7. The highest BCUT2D eigenvalue weighted by Crippen LogP contribution is 2.11. The van der Waals surface area contributed by atoms with Crippen LogP contribution in [0.4, 0.5) is 0 Å². The Morgan fingerprint density at radius 1 is 1.29 bits per heavy atom. The molecule has 0 atom stereocenters. The predicted octanol–water partition coefficient (Wildman–Crippen LogP) is 1.92. The first-order chi connectivity index (χ1) is 10.1. The van der Waals surface area contributed by atoms with E-state index in [1.165, 1.54) is 23.8 Å². The van der Waals surface area contributed by atoms with Crippen LogP contribution >= 0.6 is 0 Å². The molecule has 0 fully saturated rings. The molecule has 0 aliphatic rings. The molecule has 0 amide bonds. The molecule has 0 unspecified atom stereocenters. The Labute approximate surface area is 126 Å². The van der Waals surface area contributed by atoms with E-state index in [1.807, 2.05) is 6.92 Å². The van der Waals surface area contributed by atoms with Crippen molar-refractivity contribution < 1.29 is 9.53 Å². The molecule has 0 aromatic heterocycles. The van der Waals surface area contributed by atoms with Crippen molar-refractivity contribution in [1.29, 1.82) is 0 Å². The van der Waals surface area contributed by atoms with Gasteiger partial charge in [-0.25, -0.2) is 4.99 Å². The average molecular weight is 291 g/mol. The van der Waals surface area contributed by atoms with Crippen molar-refractivity contribution in [3.8, 4) is 0 Å². The molecule has 0 saturated heterocycles. The van der Waals surface area contributed by atoms with E-state index in [2.05, 4.69) is 52.4 Å². The average Bonchev–Trinajstić information content (AvgIpc) is 2.45. The number of aryl methyl sites for hydroxylation is 2. The lowest BCUT2D eigenvalue weighted by molar-refractivity contribution is -0.140. The summed E-state index contributed by atoms with van der Waals surface area (Å²) < 4.78 is 4.61. The molecule has 0 heterocycles. The van der Waals surface area contributed by atoms with Crippen molar-refractivity contribution in [2.75, 3.05) is 20.2 Å². The van der Waals surface area contributed by atoms with Crippen molar-refractivity contribution in [2.24, 2.45) is 4.99 Å². The number of nitrogens with zero attached hydrogens (tertiary/aromatic N) is 1. The smallest absolute Gasteiger partial charge is 0.307 e. The summed E-state index contributed by atoms with van der Waals surface area (Å²) in [7, 11) is 1.39. The van der Waals surface area contributed by atoms with Gasteiger partial charge in [-0.15, -0.1) is 0 Å². The van der Waals surface area contributed by atoms with Crippen molar-refractivity contribution >= 4 is 11.9 Å². The second-order valence-electron chi connectivity index (χ2n) is 4.88. The van der Waals surface area contributed by atoms with Crippen LogP contribution in [-0.2, 0) is 16.1 Å². The molecule has 0 saturated carbocycles. The molecule has 0 bridgehead atoms. The molecule has 5 nitrogen and oxygen atoms in total. The quantitative estimate of drug-likeness (QED) is 0.477. The third kappa shape index (κ3) is 6.29. The Hall–Kier alpha value is -2.04. The maximum absolute atomic E-state index is 11.1. The summed E-state index contributed by atoms with van der Waals surface area (Å²) in [6, 6.07) is 6.35. The molecule has 0 aliphatic heterocycles. The number of carbonyl (C=O) groups is 1. The van der Waals surface area contributed by atoms with Crippen molar-refractivity contribution in [1.82, 2.24) is 10.6 Å². The topological polar surface area (TPSA) is 62.7 Å². The number of aliphatic imine (C=N–C) groups is 1. The van der Waals surface area contributed by atoms with Crippen LogP contribution < -0.4 is 10.6 Å². The van der Waals surface area contributed by atoms with Crippen LogP contribution in [0.25, 0.3) is 0 Å². The largest absolute Gasteiger partial charge is 0.469 e. The number of carbonyl (C=O) groups excluding carboxylic acids is 1. The molecule has 0 spiro atoms. The third-order valence-corrected chi connectivity index (χ3v) is 3.10. The normalized spacial score (nSPS) is 11.1. The number of hydrogen-bond acceptors (Lipinski definition) is 3. The summed E-state index contributed by atoms with van der Waals surface area (Å²) in [6.07, 6.45) is 0.324. The van der Waals surface area contributed by atoms with Gasteiger partial charge in [0.1, 0.15) is 0 Å². The highest BCUT2D eigenvalue weighted by Gasteiger charge is 2.03. The van der Waals surface area contributed by atoms with Crippen LogP contribution in [0.3, 0.4) is 0 Å². The Kier molecular flexibility index (Phi) is 7.29. The fourth-order valence-corrected chi connectivity index (χ4v) is 1.91. The van der Waals surface area contributed by atoms with Gasteiger partial charge in [-0.3, -0.25) is 4.79 Å². The summed E-state index contributed by atoms with van der Waals surface area (Å²) in [4.78, 5) is 15.6. The number of ether oxygens (including phenoxy) is 1. The monoisotopic (exact) mass is 291 g/mol. The molecule has 2 N–H and O–H groups in total. The Balaban J connectivity index is 2.60. The molecule has 5 heteroatoms. The third-order valence-electron chi connectivity index (χ3n) is 3.10. The Morgan fingerprint density at radius 2 is 2.05 bits per heavy atom. The van der Waals surface area contributed by atoms with Crippen LogP contribution in [0.5, 0.6) is 0 Å². The fourth-order valence-electron chi connectivity index (χ4n) is 1.91. The molecule has 0 radical (unpaired) electrons. The van der Waals surface area contributed by atoms with Gasteiger partial charge in [0.05, 0.1) is 20.1 Å². The van der Waals surface area contributed by atoms with Crippen molar-refractivity contribution in [2.45, 2.75) is 33.7 Å². The number of guanidine groups is 1. The molecule has 1 aromatic rings. The number of rotatable bonds is 6. The van der Waals surface area contributed by atoms with Crippen LogP contribution in [0.2, 0.25) is 0 Å². The van der Waals surface area contributed by atoms with Gasteiger partial charge in [0, 0.05) is 13.1 Å². The van der Waals surface area contributed by atoms with Crippen LogP contribution in [0.15, 0.2) is 23.2 Å². The molecule has 1 aromatic carbocycles. The highest BCUT2D eigenvalue weighted by atomic mass is 16.5. The second-order valence-corrected chi connectivity index (χ2v) is 4.88. The van der Waals surface area contributed by atoms with Crippen molar-refractivity contribution in [3.05, 3.63) is 34.9 Å². The summed E-state index contributed by atoms with van der Waals surface area (Å²) in [5.74, 6) is 0.481. The minimum absolute atomic E-state index is 0.229. The van der Waals surface area contributed by atoms with Gasteiger partial charge in [-0.2, -0.15) is 0 Å². The van der Waals surface area contributed by atoms with E-state index in [-0.39, 0.29) is 5.97 Å². The van der Waals surface area contributed by atoms with Gasteiger partial charge in [0.15, 0.2) is 5.96 Å². The molecule has 1 rings (SSSR count). The van der Waals surface area contributed by atoms with E-state index in [1.54, 1.807) is 0 Å². The number of nitrogens with one attached hydrogen (secondary N) is 2. The van der Waals surface area contributed by atoms with E-state index < -0.39 is 0 Å². The van der Waals surface area contributed by atoms with E-state index in [9.17, 15) is 4.79 Å². The van der Waals surface area contributed by atoms with Crippen LogP contribution in [0.1, 0.15) is 30.0 Å². The highest BCUT2D eigenvalue weighted by molar-refractivity contribution is 5.80. The lowest BCUT2D eigenvalue weighted by Crippen LogP contribution is -2.38. The van der Waals surface area contributed by atoms with Crippen LogP contribution in [-0.4, -0.2) is 32.1 Å². The minimum Gasteiger partial charge on any atom is -0.469 e. The first-order valence-electron chi connectivity index (χ1n) is 7.22. The second kappa shape index (κ2) is 9.00. The number of benzene rings is 1. The van der Waals surface area contributed by atoms with Crippen LogP contribution in [0, 0.1) is 13.8 Å². The zero-order valence-electron chi connectivity index (χ0n) is 13.3. The molecular formula is C16H25N3O2. The number of methoxy groups -OCH3 is 1. The predicted molar refractivity (Wildman–Crippen MR) is 85.4 cm³/mol. The molecule has 0 aliphatic carbocycles. The van der Waals surface area contributed by atoms with E-state index in [0.29, 0.717) is 25.5 Å². The number of hydrogen-bond donors (Lipinski definition) is 2. The maximum Gasteiger partial charge on any atom is 0.307 e. The fraction of sp³-hybridized carbons (Fsp3) is 0.500. The lowest BCUT2D eigenvalue weighted by atomic mass is 10.1. The maximum atomic E-state index is 11.1. The summed E-state index contributed by atoms with van der Waals surface area (Å²) in [5, 5.41) is 6.29. The first-order valence-corrected chi connectivity index (χ1v) is 7.22. The SMILES string of the molecule is CCNC(=NCc1ccc(C)cc1C)NCCC(=O)OC. The Bertz CT molecular complexity index is 498. The van der Waals surface area contributed by atoms with Gasteiger partial charge in [0.25, 0.3) is 0 Å². The molecular weight excluding hydrogens is 266 g/mol. The van der Waals surface area contributed by atoms with Gasteiger partial charge in [-0.1, -0.05) is 23.8 Å². The Morgan fingerprint density at radius 3 is 2.67 bits per heavy atom. The summed E-state index contributed by atoms with van der Waals surface area (Å²) >= 11 is 0. The van der Waals surface area contributed by atoms with E-state index in [0.717, 1.165) is 6.54 Å². The molecule has 21 heavy (non-hydrogen) atoms. The van der Waals surface area contributed by atoms with Crippen molar-refractivity contribution in [3.63, 3.8) is 0 Å². The molecule has 116 valence electrons. The first kappa shape index (κ1) is 17.0. The van der Waals surface area contributed by atoms with E-state index >= 15 is 0 Å².